The lowest BCUT2D eigenvalue weighted by Gasteiger charge is -2.39. The molecule has 0 aliphatic heterocycles. The zero-order valence-corrected chi connectivity index (χ0v) is 12.0. The first kappa shape index (κ1) is 11.6. The van der Waals surface area contributed by atoms with Gasteiger partial charge in [0.1, 0.15) is 0 Å². The van der Waals surface area contributed by atoms with Crippen molar-refractivity contribution in [1.29, 1.82) is 0 Å². The molecular weight excluding hydrogens is 318 g/mol. The van der Waals surface area contributed by atoms with E-state index in [9.17, 15) is 0 Å². The van der Waals surface area contributed by atoms with Crippen molar-refractivity contribution >= 4 is 31.9 Å². The molecule has 82 valence electrons. The molecule has 0 aromatic heterocycles. The van der Waals surface area contributed by atoms with E-state index in [-0.39, 0.29) is 0 Å². The normalized spacial score (nSPS) is 18.6. The van der Waals surface area contributed by atoms with Gasteiger partial charge in [-0.25, -0.2) is 0 Å². The van der Waals surface area contributed by atoms with Crippen LogP contribution in [-0.2, 0) is 6.54 Å². The summed E-state index contributed by atoms with van der Waals surface area (Å²) in [4.78, 5) is 0. The maximum atomic E-state index is 3.62. The fourth-order valence-corrected chi connectivity index (χ4v) is 2.52. The van der Waals surface area contributed by atoms with Gasteiger partial charge < -0.3 is 5.32 Å². The van der Waals surface area contributed by atoms with Gasteiger partial charge in [0.25, 0.3) is 0 Å². The Kier molecular flexibility index (Phi) is 3.53. The summed E-state index contributed by atoms with van der Waals surface area (Å²) in [5, 5.41) is 3.62. The zero-order chi connectivity index (χ0) is 10.9. The van der Waals surface area contributed by atoms with Gasteiger partial charge in [-0.3, -0.25) is 0 Å². The van der Waals surface area contributed by atoms with Gasteiger partial charge in [0, 0.05) is 21.0 Å². The fourth-order valence-electron chi connectivity index (χ4n) is 1.85. The Morgan fingerprint density at radius 2 is 2.00 bits per heavy atom. The quantitative estimate of drug-likeness (QED) is 0.872. The van der Waals surface area contributed by atoms with Crippen LogP contribution < -0.4 is 5.32 Å². The maximum absolute atomic E-state index is 3.62. The van der Waals surface area contributed by atoms with Crippen LogP contribution in [0.25, 0.3) is 0 Å². The van der Waals surface area contributed by atoms with Crippen molar-refractivity contribution in [2.24, 2.45) is 0 Å². The van der Waals surface area contributed by atoms with E-state index in [0.29, 0.717) is 5.54 Å². The first-order valence-electron chi connectivity index (χ1n) is 5.28. The third-order valence-electron chi connectivity index (χ3n) is 3.16. The molecule has 1 aliphatic rings. The second-order valence-corrected chi connectivity index (χ2v) is 6.22. The molecule has 1 aliphatic carbocycles. The van der Waals surface area contributed by atoms with E-state index < -0.39 is 0 Å². The van der Waals surface area contributed by atoms with Gasteiger partial charge in [-0.05, 0) is 75.7 Å². The Morgan fingerprint density at radius 3 is 2.53 bits per heavy atom. The monoisotopic (exact) mass is 331 g/mol. The highest BCUT2D eigenvalue weighted by molar-refractivity contribution is 9.13. The first-order chi connectivity index (χ1) is 7.09. The summed E-state index contributed by atoms with van der Waals surface area (Å²) in [5.41, 5.74) is 1.72. The van der Waals surface area contributed by atoms with Crippen molar-refractivity contribution in [1.82, 2.24) is 5.32 Å². The molecule has 1 nitrogen and oxygen atoms in total. The molecule has 0 amide bonds. The summed E-state index contributed by atoms with van der Waals surface area (Å²) in [6.45, 7) is 3.27. The number of nitrogens with one attached hydrogen (secondary N) is 1. The molecule has 0 spiro atoms. The SMILES string of the molecule is CC1(NCc2ccc(Br)c(Br)c2)CCC1. The average molecular weight is 333 g/mol. The number of benzene rings is 1. The van der Waals surface area contributed by atoms with Crippen LogP contribution in [0.15, 0.2) is 27.1 Å². The van der Waals surface area contributed by atoms with Gasteiger partial charge in [-0.1, -0.05) is 6.07 Å². The summed E-state index contributed by atoms with van der Waals surface area (Å²) < 4.78 is 2.24. The van der Waals surface area contributed by atoms with Crippen molar-refractivity contribution in [3.05, 3.63) is 32.7 Å². The molecule has 3 heteroatoms. The minimum Gasteiger partial charge on any atom is -0.307 e. The molecule has 0 unspecified atom stereocenters. The highest BCUT2D eigenvalue weighted by Gasteiger charge is 2.30. The summed E-state index contributed by atoms with van der Waals surface area (Å²) in [7, 11) is 0. The van der Waals surface area contributed by atoms with Crippen LogP contribution in [0.4, 0.5) is 0 Å². The lowest BCUT2D eigenvalue weighted by atomic mass is 9.78. The second-order valence-electron chi connectivity index (χ2n) is 4.52. The third kappa shape index (κ3) is 2.83. The molecule has 0 saturated heterocycles. The number of hydrogen-bond donors (Lipinski definition) is 1. The first-order valence-corrected chi connectivity index (χ1v) is 6.87. The summed E-state index contributed by atoms with van der Waals surface area (Å²) >= 11 is 7.00. The highest BCUT2D eigenvalue weighted by atomic mass is 79.9. The van der Waals surface area contributed by atoms with E-state index >= 15 is 0 Å². The van der Waals surface area contributed by atoms with Crippen molar-refractivity contribution in [3.63, 3.8) is 0 Å². The molecule has 0 radical (unpaired) electrons. The standard InChI is InChI=1S/C12H15Br2N/c1-12(5-2-6-12)15-8-9-3-4-10(13)11(14)7-9/h3-4,7,15H,2,5-6,8H2,1H3. The Hall–Kier alpha value is 0.140. The molecule has 0 atom stereocenters. The van der Waals surface area contributed by atoms with Gasteiger partial charge >= 0.3 is 0 Å². The molecule has 2 rings (SSSR count). The van der Waals surface area contributed by atoms with E-state index in [1.807, 2.05) is 0 Å². The largest absolute Gasteiger partial charge is 0.307 e. The topological polar surface area (TPSA) is 12.0 Å². The minimum atomic E-state index is 0.388. The van der Waals surface area contributed by atoms with Crippen LogP contribution in [0.1, 0.15) is 31.7 Å². The Balaban J connectivity index is 1.96. The smallest absolute Gasteiger partial charge is 0.0320 e. The van der Waals surface area contributed by atoms with E-state index in [1.54, 1.807) is 0 Å². The van der Waals surface area contributed by atoms with Crippen LogP contribution in [0.3, 0.4) is 0 Å². The van der Waals surface area contributed by atoms with Crippen molar-refractivity contribution < 1.29 is 0 Å². The highest BCUT2D eigenvalue weighted by Crippen LogP contribution is 2.31. The molecule has 15 heavy (non-hydrogen) atoms. The minimum absolute atomic E-state index is 0.388. The molecule has 0 bridgehead atoms. The molecule has 1 fully saturated rings. The number of rotatable bonds is 3. The summed E-state index contributed by atoms with van der Waals surface area (Å²) in [5.74, 6) is 0. The molecule has 0 heterocycles. The van der Waals surface area contributed by atoms with Gasteiger partial charge in [-0.15, -0.1) is 0 Å². The molecule has 1 aromatic carbocycles. The maximum Gasteiger partial charge on any atom is 0.0320 e. The number of hydrogen-bond acceptors (Lipinski definition) is 1. The van der Waals surface area contributed by atoms with Crippen molar-refractivity contribution in [2.75, 3.05) is 0 Å². The molecule has 1 N–H and O–H groups in total. The Labute approximate surface area is 108 Å². The predicted molar refractivity (Wildman–Crippen MR) is 70.9 cm³/mol. The molecular formula is C12H15Br2N. The Morgan fingerprint density at radius 1 is 1.27 bits per heavy atom. The fraction of sp³-hybridized carbons (Fsp3) is 0.500. The van der Waals surface area contributed by atoms with Gasteiger partial charge in [0.05, 0.1) is 0 Å². The van der Waals surface area contributed by atoms with Crippen molar-refractivity contribution in [2.45, 2.75) is 38.3 Å². The second kappa shape index (κ2) is 4.56. The van der Waals surface area contributed by atoms with Gasteiger partial charge in [0.2, 0.25) is 0 Å². The van der Waals surface area contributed by atoms with E-state index in [2.05, 4.69) is 62.3 Å². The van der Waals surface area contributed by atoms with Crippen molar-refractivity contribution in [3.8, 4) is 0 Å². The summed E-state index contributed by atoms with van der Waals surface area (Å²) in [6, 6.07) is 6.41. The lowest BCUT2D eigenvalue weighted by Crippen LogP contribution is -2.47. The zero-order valence-electron chi connectivity index (χ0n) is 8.82. The van der Waals surface area contributed by atoms with Crippen LogP contribution >= 0.6 is 31.9 Å². The summed E-state index contributed by atoms with van der Waals surface area (Å²) in [6.07, 6.45) is 3.99. The lowest BCUT2D eigenvalue weighted by molar-refractivity contribution is 0.207. The van der Waals surface area contributed by atoms with Crippen LogP contribution in [0, 0.1) is 0 Å². The van der Waals surface area contributed by atoms with Gasteiger partial charge in [0.15, 0.2) is 0 Å². The third-order valence-corrected chi connectivity index (χ3v) is 5.04. The van der Waals surface area contributed by atoms with E-state index in [4.69, 9.17) is 0 Å². The Bertz CT molecular complexity index is 359. The van der Waals surface area contributed by atoms with Gasteiger partial charge in [-0.2, -0.15) is 0 Å². The van der Waals surface area contributed by atoms with E-state index in [1.165, 1.54) is 24.8 Å². The van der Waals surface area contributed by atoms with Crippen LogP contribution in [0.5, 0.6) is 0 Å². The average Bonchev–Trinajstić information content (AvgIpc) is 2.17. The number of halogens is 2. The van der Waals surface area contributed by atoms with E-state index in [0.717, 1.165) is 15.5 Å². The van der Waals surface area contributed by atoms with Crippen LogP contribution in [0.2, 0.25) is 0 Å². The molecule has 1 saturated carbocycles. The predicted octanol–water partition coefficient (Wildman–Crippen LogP) is 4.24. The van der Waals surface area contributed by atoms with Crippen LogP contribution in [-0.4, -0.2) is 5.54 Å². The molecule has 1 aromatic rings.